The lowest BCUT2D eigenvalue weighted by Crippen LogP contribution is -2.30. The number of allylic oxidation sites excluding steroid dienone is 1. The largest absolute Gasteiger partial charge is 0.490 e. The van der Waals surface area contributed by atoms with Crippen LogP contribution in [0.4, 0.5) is 0 Å². The van der Waals surface area contributed by atoms with E-state index in [0.717, 1.165) is 29.4 Å². The van der Waals surface area contributed by atoms with Crippen LogP contribution in [0.15, 0.2) is 48.6 Å². The van der Waals surface area contributed by atoms with Crippen LogP contribution in [-0.2, 0) is 0 Å². The van der Waals surface area contributed by atoms with E-state index in [1.807, 2.05) is 19.1 Å². The molecule has 2 aromatic rings. The van der Waals surface area contributed by atoms with Gasteiger partial charge < -0.3 is 4.74 Å². The molecule has 1 heteroatoms. The first-order valence-electron chi connectivity index (χ1n) is 12.5. The molecule has 0 spiro atoms. The minimum Gasteiger partial charge on any atom is -0.490 e. The van der Waals surface area contributed by atoms with Gasteiger partial charge in [0, 0.05) is 0 Å². The Bertz CT molecular complexity index is 835. The molecule has 0 saturated heterocycles. The second-order valence-electron chi connectivity index (χ2n) is 9.85. The maximum Gasteiger partial charge on any atom is 0.120 e. The first-order valence-corrected chi connectivity index (χ1v) is 12.5. The molecule has 2 aliphatic carbocycles. The van der Waals surface area contributed by atoms with Crippen molar-refractivity contribution in [1.82, 2.24) is 0 Å². The Morgan fingerprint density at radius 2 is 1.70 bits per heavy atom. The molecule has 2 saturated carbocycles. The summed E-state index contributed by atoms with van der Waals surface area (Å²) in [5, 5.41) is 2.64. The highest BCUT2D eigenvalue weighted by molar-refractivity contribution is 5.84. The summed E-state index contributed by atoms with van der Waals surface area (Å²) in [5.74, 6) is 4.74. The lowest BCUT2D eigenvalue weighted by atomic mass is 9.63. The molecule has 30 heavy (non-hydrogen) atoms. The third-order valence-corrected chi connectivity index (χ3v) is 7.83. The van der Waals surface area contributed by atoms with Crippen molar-refractivity contribution in [2.24, 2.45) is 17.8 Å². The van der Waals surface area contributed by atoms with E-state index in [4.69, 9.17) is 4.74 Å². The van der Waals surface area contributed by atoms with E-state index in [1.54, 1.807) is 5.56 Å². The number of rotatable bonds is 8. The van der Waals surface area contributed by atoms with Crippen molar-refractivity contribution in [1.29, 1.82) is 0 Å². The van der Waals surface area contributed by atoms with Crippen LogP contribution in [0.5, 0.6) is 5.75 Å². The molecule has 2 aliphatic rings. The van der Waals surface area contributed by atoms with Crippen molar-refractivity contribution in [3.05, 3.63) is 54.1 Å². The second kappa shape index (κ2) is 10.5. The summed E-state index contributed by atoms with van der Waals surface area (Å²) in [6, 6.07) is 13.7. The molecule has 0 amide bonds. The average Bonchev–Trinajstić information content (AvgIpc) is 2.78. The first-order chi connectivity index (χ1) is 14.8. The predicted octanol–water partition coefficient (Wildman–Crippen LogP) is 8.68. The SMILES string of the molecule is C/C=C/COc1ccc2cc([C@@H]3CC[C@@H]4CC(CCCCC)CCC4C3)ccc2c1. The van der Waals surface area contributed by atoms with Gasteiger partial charge in [-0.25, -0.2) is 0 Å². The van der Waals surface area contributed by atoms with E-state index >= 15 is 0 Å². The lowest BCUT2D eigenvalue weighted by molar-refractivity contribution is 0.113. The number of hydrogen-bond donors (Lipinski definition) is 0. The van der Waals surface area contributed by atoms with Crippen LogP contribution in [-0.4, -0.2) is 6.61 Å². The molecule has 2 unspecified atom stereocenters. The average molecular weight is 405 g/mol. The molecular formula is C29H40O. The smallest absolute Gasteiger partial charge is 0.120 e. The zero-order valence-electron chi connectivity index (χ0n) is 19.1. The maximum atomic E-state index is 5.81. The van der Waals surface area contributed by atoms with Crippen LogP contribution < -0.4 is 4.74 Å². The van der Waals surface area contributed by atoms with Crippen molar-refractivity contribution in [3.8, 4) is 5.75 Å². The molecule has 0 aliphatic heterocycles. The van der Waals surface area contributed by atoms with Crippen molar-refractivity contribution < 1.29 is 4.74 Å². The Morgan fingerprint density at radius 1 is 0.900 bits per heavy atom. The lowest BCUT2D eigenvalue weighted by Gasteiger charge is -2.42. The van der Waals surface area contributed by atoms with Gasteiger partial charge in [-0.2, -0.15) is 0 Å². The van der Waals surface area contributed by atoms with Gasteiger partial charge in [-0.3, -0.25) is 0 Å². The third kappa shape index (κ3) is 5.29. The Labute approximate surface area is 183 Å². The van der Waals surface area contributed by atoms with Crippen molar-refractivity contribution >= 4 is 10.8 Å². The van der Waals surface area contributed by atoms with Crippen LogP contribution in [0.3, 0.4) is 0 Å². The van der Waals surface area contributed by atoms with Crippen LogP contribution in [0.2, 0.25) is 0 Å². The van der Waals surface area contributed by atoms with Gasteiger partial charge in [-0.15, -0.1) is 0 Å². The molecule has 2 aromatic carbocycles. The zero-order chi connectivity index (χ0) is 20.8. The van der Waals surface area contributed by atoms with E-state index in [0.29, 0.717) is 6.61 Å². The summed E-state index contributed by atoms with van der Waals surface area (Å²) in [7, 11) is 0. The molecule has 0 bridgehead atoms. The Balaban J connectivity index is 1.36. The quantitative estimate of drug-likeness (QED) is 0.316. The summed E-state index contributed by atoms with van der Waals surface area (Å²) in [4.78, 5) is 0. The van der Waals surface area contributed by atoms with E-state index in [-0.39, 0.29) is 0 Å². The maximum absolute atomic E-state index is 5.81. The highest BCUT2D eigenvalue weighted by Gasteiger charge is 2.35. The number of unbranched alkanes of at least 4 members (excludes halogenated alkanes) is 2. The molecule has 4 atom stereocenters. The molecular weight excluding hydrogens is 364 g/mol. The van der Waals surface area contributed by atoms with Gasteiger partial charge in [0.25, 0.3) is 0 Å². The molecule has 162 valence electrons. The van der Waals surface area contributed by atoms with Gasteiger partial charge in [0.05, 0.1) is 0 Å². The molecule has 4 rings (SSSR count). The van der Waals surface area contributed by atoms with Gasteiger partial charge in [0.15, 0.2) is 0 Å². The van der Waals surface area contributed by atoms with Gasteiger partial charge in [-0.1, -0.05) is 75.4 Å². The molecule has 0 heterocycles. The minimum absolute atomic E-state index is 0.643. The van der Waals surface area contributed by atoms with Crippen LogP contribution >= 0.6 is 0 Å². The Morgan fingerprint density at radius 3 is 2.57 bits per heavy atom. The number of hydrogen-bond acceptors (Lipinski definition) is 1. The summed E-state index contributed by atoms with van der Waals surface area (Å²) in [6.45, 7) is 4.99. The second-order valence-corrected chi connectivity index (χ2v) is 9.85. The van der Waals surface area contributed by atoms with Crippen molar-refractivity contribution in [3.63, 3.8) is 0 Å². The van der Waals surface area contributed by atoms with E-state index in [9.17, 15) is 0 Å². The zero-order valence-corrected chi connectivity index (χ0v) is 19.1. The Hall–Kier alpha value is -1.76. The van der Waals surface area contributed by atoms with Crippen molar-refractivity contribution in [2.75, 3.05) is 6.61 Å². The van der Waals surface area contributed by atoms with Gasteiger partial charge in [0.1, 0.15) is 12.4 Å². The van der Waals surface area contributed by atoms with E-state index < -0.39 is 0 Å². The summed E-state index contributed by atoms with van der Waals surface area (Å²) < 4.78 is 5.81. The van der Waals surface area contributed by atoms with Gasteiger partial charge in [-0.05, 0) is 91.2 Å². The van der Waals surface area contributed by atoms with Crippen LogP contribution in [0.25, 0.3) is 10.8 Å². The normalized spacial score (nSPS) is 26.7. The summed E-state index contributed by atoms with van der Waals surface area (Å²) >= 11 is 0. The first kappa shape index (κ1) is 21.5. The number of ether oxygens (including phenoxy) is 1. The predicted molar refractivity (Wildman–Crippen MR) is 129 cm³/mol. The summed E-state index contributed by atoms with van der Waals surface area (Å²) in [6.07, 6.45) is 18.6. The van der Waals surface area contributed by atoms with Crippen LogP contribution in [0.1, 0.15) is 89.5 Å². The molecule has 1 nitrogen and oxygen atoms in total. The monoisotopic (exact) mass is 404 g/mol. The third-order valence-electron chi connectivity index (χ3n) is 7.83. The molecule has 0 N–H and O–H groups in total. The fourth-order valence-electron chi connectivity index (χ4n) is 6.06. The van der Waals surface area contributed by atoms with Gasteiger partial charge in [0.2, 0.25) is 0 Å². The Kier molecular flexibility index (Phi) is 7.52. The van der Waals surface area contributed by atoms with Crippen molar-refractivity contribution in [2.45, 2.75) is 84.0 Å². The van der Waals surface area contributed by atoms with E-state index in [2.05, 4.69) is 43.3 Å². The summed E-state index contributed by atoms with van der Waals surface area (Å²) in [5.41, 5.74) is 1.56. The number of fused-ring (bicyclic) bond motifs is 2. The number of benzene rings is 2. The molecule has 0 radical (unpaired) electrons. The fourth-order valence-corrected chi connectivity index (χ4v) is 6.06. The highest BCUT2D eigenvalue weighted by Crippen LogP contribution is 2.48. The van der Waals surface area contributed by atoms with Gasteiger partial charge >= 0.3 is 0 Å². The van der Waals surface area contributed by atoms with E-state index in [1.165, 1.54) is 75.0 Å². The van der Waals surface area contributed by atoms with Crippen LogP contribution in [0, 0.1) is 17.8 Å². The topological polar surface area (TPSA) is 9.23 Å². The standard InChI is InChI=1S/C29H40O/c1-3-5-7-8-22-9-10-24-19-25(12-11-23(24)18-22)26-13-14-28-21-29(30-17-6-4-2)16-15-27(28)20-26/h4,6,13-16,20-25H,3,5,7-12,17-19H2,1-2H3/b6-4+/t22?,23-,24?,25-/m1/s1. The highest BCUT2D eigenvalue weighted by atomic mass is 16.5. The minimum atomic E-state index is 0.643. The molecule has 0 aromatic heterocycles. The molecule has 2 fully saturated rings. The fraction of sp³-hybridized carbons (Fsp3) is 0.586.